The molecular formula is C11H10N2. The van der Waals surface area contributed by atoms with Crippen molar-refractivity contribution in [1.29, 1.82) is 0 Å². The highest BCUT2D eigenvalue weighted by molar-refractivity contribution is 5.61. The molecule has 2 rings (SSSR count). The molecule has 0 atom stereocenters. The number of nitrogens with zero attached hydrogens (tertiary/aromatic N) is 2. The first kappa shape index (κ1) is 7.92. The summed E-state index contributed by atoms with van der Waals surface area (Å²) in [5.41, 5.74) is 3.30. The minimum Gasteiger partial charge on any atom is -0.261 e. The van der Waals surface area contributed by atoms with Crippen LogP contribution in [0.1, 0.15) is 5.56 Å². The first-order chi connectivity index (χ1) is 6.38. The molecule has 0 aliphatic carbocycles. The average Bonchev–Trinajstić information content (AvgIpc) is 2.20. The molecule has 2 aromatic rings. The molecule has 1 aromatic carbocycles. The van der Waals surface area contributed by atoms with E-state index in [9.17, 15) is 0 Å². The smallest absolute Gasteiger partial charge is 0.0887 e. The average molecular weight is 170 g/mol. The van der Waals surface area contributed by atoms with Gasteiger partial charge in [-0.3, -0.25) is 9.97 Å². The second-order valence-electron chi connectivity index (χ2n) is 2.91. The van der Waals surface area contributed by atoms with Gasteiger partial charge in [0.15, 0.2) is 0 Å². The molecule has 0 saturated carbocycles. The molecule has 0 radical (unpaired) electrons. The third kappa shape index (κ3) is 1.56. The van der Waals surface area contributed by atoms with E-state index in [0.29, 0.717) is 0 Å². The van der Waals surface area contributed by atoms with Crippen LogP contribution in [-0.2, 0) is 0 Å². The maximum Gasteiger partial charge on any atom is 0.0887 e. The van der Waals surface area contributed by atoms with E-state index in [4.69, 9.17) is 0 Å². The molecule has 1 aromatic heterocycles. The quantitative estimate of drug-likeness (QED) is 0.657. The predicted octanol–water partition coefficient (Wildman–Crippen LogP) is 2.45. The highest BCUT2D eigenvalue weighted by Gasteiger charge is 2.00. The summed E-state index contributed by atoms with van der Waals surface area (Å²) in [6, 6.07) is 8.16. The number of aryl methyl sites for hydroxylation is 1. The van der Waals surface area contributed by atoms with Gasteiger partial charge in [-0.25, -0.2) is 0 Å². The highest BCUT2D eigenvalue weighted by Crippen LogP contribution is 2.18. The van der Waals surface area contributed by atoms with Crippen LogP contribution in [0.3, 0.4) is 0 Å². The summed E-state index contributed by atoms with van der Waals surface area (Å²) >= 11 is 0. The SMILES string of the molecule is Cc1ccccc1-c1cnccn1. The number of rotatable bonds is 1. The van der Waals surface area contributed by atoms with E-state index >= 15 is 0 Å². The molecule has 1 heterocycles. The molecule has 2 nitrogen and oxygen atoms in total. The Morgan fingerprint density at radius 1 is 1.08 bits per heavy atom. The van der Waals surface area contributed by atoms with Crippen LogP contribution >= 0.6 is 0 Å². The van der Waals surface area contributed by atoms with Crippen molar-refractivity contribution in [2.45, 2.75) is 6.92 Å². The third-order valence-corrected chi connectivity index (χ3v) is 1.98. The summed E-state index contributed by atoms with van der Waals surface area (Å²) in [6.07, 6.45) is 5.17. The molecule has 0 N–H and O–H groups in total. The van der Waals surface area contributed by atoms with Crippen LogP contribution in [0.15, 0.2) is 42.9 Å². The summed E-state index contributed by atoms with van der Waals surface area (Å²) < 4.78 is 0. The second kappa shape index (κ2) is 3.35. The number of benzene rings is 1. The van der Waals surface area contributed by atoms with Crippen molar-refractivity contribution in [2.24, 2.45) is 0 Å². The number of aromatic nitrogens is 2. The zero-order chi connectivity index (χ0) is 9.10. The standard InChI is InChI=1S/C11H10N2/c1-9-4-2-3-5-10(9)11-8-12-6-7-13-11/h2-8H,1H3. The third-order valence-electron chi connectivity index (χ3n) is 1.98. The fraction of sp³-hybridized carbons (Fsp3) is 0.0909. The number of hydrogen-bond acceptors (Lipinski definition) is 2. The molecule has 2 heteroatoms. The zero-order valence-electron chi connectivity index (χ0n) is 7.44. The second-order valence-corrected chi connectivity index (χ2v) is 2.91. The Morgan fingerprint density at radius 2 is 1.92 bits per heavy atom. The summed E-state index contributed by atoms with van der Waals surface area (Å²) in [5, 5.41) is 0. The first-order valence-electron chi connectivity index (χ1n) is 4.20. The molecular weight excluding hydrogens is 160 g/mol. The van der Waals surface area contributed by atoms with Crippen molar-refractivity contribution in [3.05, 3.63) is 48.4 Å². The first-order valence-corrected chi connectivity index (χ1v) is 4.20. The molecule has 0 bridgehead atoms. The maximum atomic E-state index is 4.25. The van der Waals surface area contributed by atoms with E-state index < -0.39 is 0 Å². The van der Waals surface area contributed by atoms with Crippen LogP contribution in [-0.4, -0.2) is 9.97 Å². The Labute approximate surface area is 77.3 Å². The lowest BCUT2D eigenvalue weighted by atomic mass is 10.1. The highest BCUT2D eigenvalue weighted by atomic mass is 14.8. The zero-order valence-corrected chi connectivity index (χ0v) is 7.44. The number of hydrogen-bond donors (Lipinski definition) is 0. The topological polar surface area (TPSA) is 25.8 Å². The molecule has 0 saturated heterocycles. The van der Waals surface area contributed by atoms with Crippen molar-refractivity contribution in [2.75, 3.05) is 0 Å². The van der Waals surface area contributed by atoms with Gasteiger partial charge in [-0.15, -0.1) is 0 Å². The van der Waals surface area contributed by atoms with E-state index in [0.717, 1.165) is 11.3 Å². The molecule has 13 heavy (non-hydrogen) atoms. The largest absolute Gasteiger partial charge is 0.261 e. The Morgan fingerprint density at radius 3 is 2.62 bits per heavy atom. The normalized spacial score (nSPS) is 9.92. The molecule has 0 aliphatic rings. The predicted molar refractivity (Wildman–Crippen MR) is 52.2 cm³/mol. The lowest BCUT2D eigenvalue weighted by molar-refractivity contribution is 1.20. The maximum absolute atomic E-state index is 4.25. The van der Waals surface area contributed by atoms with Crippen LogP contribution in [0.25, 0.3) is 11.3 Å². The molecule has 0 unspecified atom stereocenters. The Bertz CT molecular complexity index is 396. The van der Waals surface area contributed by atoms with Crippen LogP contribution in [0.5, 0.6) is 0 Å². The van der Waals surface area contributed by atoms with Gasteiger partial charge in [0.25, 0.3) is 0 Å². The summed E-state index contributed by atoms with van der Waals surface area (Å²) in [7, 11) is 0. The fourth-order valence-corrected chi connectivity index (χ4v) is 1.30. The van der Waals surface area contributed by atoms with Crippen molar-refractivity contribution < 1.29 is 0 Å². The molecule has 0 amide bonds. The van der Waals surface area contributed by atoms with Gasteiger partial charge in [0, 0.05) is 18.0 Å². The van der Waals surface area contributed by atoms with Gasteiger partial charge in [-0.05, 0) is 12.5 Å². The minimum absolute atomic E-state index is 0.931. The molecule has 64 valence electrons. The summed E-state index contributed by atoms with van der Waals surface area (Å²) in [4.78, 5) is 8.29. The van der Waals surface area contributed by atoms with Crippen LogP contribution in [0.4, 0.5) is 0 Å². The van der Waals surface area contributed by atoms with Gasteiger partial charge in [0.05, 0.1) is 11.9 Å². The molecule has 0 fully saturated rings. The van der Waals surface area contributed by atoms with Crippen molar-refractivity contribution in [1.82, 2.24) is 9.97 Å². The van der Waals surface area contributed by atoms with E-state index in [1.54, 1.807) is 18.6 Å². The van der Waals surface area contributed by atoms with Gasteiger partial charge in [0.1, 0.15) is 0 Å². The van der Waals surface area contributed by atoms with Crippen molar-refractivity contribution in [3.63, 3.8) is 0 Å². The van der Waals surface area contributed by atoms with Crippen LogP contribution in [0.2, 0.25) is 0 Å². The molecule has 0 spiro atoms. The van der Waals surface area contributed by atoms with Gasteiger partial charge >= 0.3 is 0 Å². The Balaban J connectivity index is 2.54. The van der Waals surface area contributed by atoms with Crippen molar-refractivity contribution in [3.8, 4) is 11.3 Å². The van der Waals surface area contributed by atoms with E-state index in [2.05, 4.69) is 29.0 Å². The lowest BCUT2D eigenvalue weighted by Crippen LogP contribution is -1.86. The van der Waals surface area contributed by atoms with Gasteiger partial charge in [0.2, 0.25) is 0 Å². The molecule has 0 aliphatic heterocycles. The summed E-state index contributed by atoms with van der Waals surface area (Å²) in [5.74, 6) is 0. The lowest BCUT2D eigenvalue weighted by Gasteiger charge is -2.02. The van der Waals surface area contributed by atoms with Crippen LogP contribution in [0, 0.1) is 6.92 Å². The Hall–Kier alpha value is -1.70. The van der Waals surface area contributed by atoms with Gasteiger partial charge in [-0.1, -0.05) is 24.3 Å². The van der Waals surface area contributed by atoms with Crippen molar-refractivity contribution >= 4 is 0 Å². The fourth-order valence-electron chi connectivity index (χ4n) is 1.30. The van der Waals surface area contributed by atoms with Gasteiger partial charge < -0.3 is 0 Å². The van der Waals surface area contributed by atoms with Gasteiger partial charge in [-0.2, -0.15) is 0 Å². The summed E-state index contributed by atoms with van der Waals surface area (Å²) in [6.45, 7) is 2.07. The minimum atomic E-state index is 0.931. The van der Waals surface area contributed by atoms with Crippen LogP contribution < -0.4 is 0 Å². The van der Waals surface area contributed by atoms with E-state index in [1.165, 1.54) is 5.56 Å². The Kier molecular flexibility index (Phi) is 2.04. The monoisotopic (exact) mass is 170 g/mol. The van der Waals surface area contributed by atoms with E-state index in [1.807, 2.05) is 12.1 Å². The van der Waals surface area contributed by atoms with E-state index in [-0.39, 0.29) is 0 Å².